The van der Waals surface area contributed by atoms with Gasteiger partial charge in [0.25, 0.3) is 5.91 Å². The van der Waals surface area contributed by atoms with Gasteiger partial charge in [-0.2, -0.15) is 0 Å². The minimum atomic E-state index is -0.148. The first-order valence-corrected chi connectivity index (χ1v) is 6.85. The Kier molecular flexibility index (Phi) is 4.69. The smallest absolute Gasteiger partial charge is 0.259 e. The standard InChI is InChI=1S/C15H16ClN3O/c1-3-6-12-9-11(10-13(16)18-12)15(20)19(2)14-7-4-5-8-17-14/h4-5,7-10H,3,6H2,1-2H3. The van der Waals surface area contributed by atoms with Crippen LogP contribution in [0, 0.1) is 0 Å². The first kappa shape index (κ1) is 14.5. The Morgan fingerprint density at radius 2 is 2.15 bits per heavy atom. The van der Waals surface area contributed by atoms with Gasteiger partial charge in [-0.15, -0.1) is 0 Å². The van der Waals surface area contributed by atoms with Crippen LogP contribution in [0.4, 0.5) is 5.82 Å². The van der Waals surface area contributed by atoms with E-state index in [9.17, 15) is 4.79 Å². The molecule has 0 aliphatic heterocycles. The largest absolute Gasteiger partial charge is 0.296 e. The first-order valence-electron chi connectivity index (χ1n) is 6.47. The Morgan fingerprint density at radius 3 is 2.80 bits per heavy atom. The van der Waals surface area contributed by atoms with Crippen LogP contribution in [0.25, 0.3) is 0 Å². The van der Waals surface area contributed by atoms with Crippen LogP contribution in [-0.2, 0) is 6.42 Å². The third kappa shape index (κ3) is 3.33. The fourth-order valence-electron chi connectivity index (χ4n) is 1.91. The van der Waals surface area contributed by atoms with E-state index in [1.54, 1.807) is 31.4 Å². The lowest BCUT2D eigenvalue weighted by Crippen LogP contribution is -2.27. The van der Waals surface area contributed by atoms with Gasteiger partial charge in [-0.3, -0.25) is 9.69 Å². The number of hydrogen-bond donors (Lipinski definition) is 0. The Balaban J connectivity index is 2.29. The van der Waals surface area contributed by atoms with Crippen molar-refractivity contribution in [3.63, 3.8) is 0 Å². The fourth-order valence-corrected chi connectivity index (χ4v) is 2.13. The molecule has 0 unspecified atom stereocenters. The molecule has 0 aliphatic carbocycles. The molecule has 0 N–H and O–H groups in total. The lowest BCUT2D eigenvalue weighted by Gasteiger charge is -2.16. The van der Waals surface area contributed by atoms with Gasteiger partial charge < -0.3 is 0 Å². The molecule has 0 aliphatic rings. The van der Waals surface area contributed by atoms with E-state index in [0.29, 0.717) is 16.5 Å². The third-order valence-corrected chi connectivity index (χ3v) is 3.09. The number of rotatable bonds is 4. The summed E-state index contributed by atoms with van der Waals surface area (Å²) < 4.78 is 0. The lowest BCUT2D eigenvalue weighted by molar-refractivity contribution is 0.0992. The molecule has 0 fully saturated rings. The van der Waals surface area contributed by atoms with E-state index in [1.807, 2.05) is 12.1 Å². The topological polar surface area (TPSA) is 46.1 Å². The molecule has 0 radical (unpaired) electrons. The first-order chi connectivity index (χ1) is 9.61. The second-order valence-electron chi connectivity index (χ2n) is 4.47. The summed E-state index contributed by atoms with van der Waals surface area (Å²) in [5, 5.41) is 0.341. The van der Waals surface area contributed by atoms with Crippen LogP contribution in [0.1, 0.15) is 29.4 Å². The third-order valence-electron chi connectivity index (χ3n) is 2.90. The maximum Gasteiger partial charge on any atom is 0.259 e. The van der Waals surface area contributed by atoms with Crippen LogP contribution in [0.2, 0.25) is 5.15 Å². The predicted octanol–water partition coefficient (Wildman–Crippen LogP) is 3.36. The lowest BCUT2D eigenvalue weighted by atomic mass is 10.1. The normalized spacial score (nSPS) is 10.3. The molecular formula is C15H16ClN3O. The summed E-state index contributed by atoms with van der Waals surface area (Å²) in [6, 6.07) is 8.81. The van der Waals surface area contributed by atoms with Gasteiger partial charge in [0.2, 0.25) is 0 Å². The van der Waals surface area contributed by atoms with Gasteiger partial charge in [-0.1, -0.05) is 31.0 Å². The fraction of sp³-hybridized carbons (Fsp3) is 0.267. The Hall–Kier alpha value is -1.94. The molecule has 0 aromatic carbocycles. The van der Waals surface area contributed by atoms with Crippen LogP contribution in [0.5, 0.6) is 0 Å². The number of hydrogen-bond acceptors (Lipinski definition) is 3. The molecule has 2 aromatic rings. The summed E-state index contributed by atoms with van der Waals surface area (Å²) in [4.78, 5) is 22.3. The predicted molar refractivity (Wildman–Crippen MR) is 80.2 cm³/mol. The molecule has 0 bridgehead atoms. The minimum absolute atomic E-state index is 0.148. The van der Waals surface area contributed by atoms with Gasteiger partial charge in [0.1, 0.15) is 11.0 Å². The molecule has 2 rings (SSSR count). The SMILES string of the molecule is CCCc1cc(C(=O)N(C)c2ccccn2)cc(Cl)n1. The van der Waals surface area contributed by atoms with Crippen molar-refractivity contribution in [3.8, 4) is 0 Å². The van der Waals surface area contributed by atoms with Crippen molar-refractivity contribution >= 4 is 23.3 Å². The maximum atomic E-state index is 12.5. The van der Waals surface area contributed by atoms with Crippen molar-refractivity contribution in [3.05, 3.63) is 52.9 Å². The summed E-state index contributed by atoms with van der Waals surface area (Å²) >= 11 is 5.98. The molecular weight excluding hydrogens is 274 g/mol. The summed E-state index contributed by atoms with van der Waals surface area (Å²) in [7, 11) is 1.69. The van der Waals surface area contributed by atoms with E-state index >= 15 is 0 Å². The zero-order chi connectivity index (χ0) is 14.5. The van der Waals surface area contributed by atoms with Crippen molar-refractivity contribution in [1.82, 2.24) is 9.97 Å². The molecule has 104 valence electrons. The summed E-state index contributed by atoms with van der Waals surface area (Å²) in [5.74, 6) is 0.452. The highest BCUT2D eigenvalue weighted by Crippen LogP contribution is 2.16. The maximum absolute atomic E-state index is 12.5. The number of nitrogens with zero attached hydrogens (tertiary/aromatic N) is 3. The van der Waals surface area contributed by atoms with Gasteiger partial charge in [0.15, 0.2) is 0 Å². The number of halogens is 1. The van der Waals surface area contributed by atoms with Gasteiger partial charge in [0.05, 0.1) is 0 Å². The number of carbonyl (C=O) groups excluding carboxylic acids is 1. The van der Waals surface area contributed by atoms with Crippen LogP contribution in [0.3, 0.4) is 0 Å². The molecule has 2 aromatic heterocycles. The highest BCUT2D eigenvalue weighted by atomic mass is 35.5. The van der Waals surface area contributed by atoms with Crippen LogP contribution < -0.4 is 4.90 Å². The van der Waals surface area contributed by atoms with E-state index in [0.717, 1.165) is 18.5 Å². The van der Waals surface area contributed by atoms with Crippen molar-refractivity contribution < 1.29 is 4.79 Å². The van der Waals surface area contributed by atoms with E-state index in [4.69, 9.17) is 11.6 Å². The molecule has 5 heteroatoms. The Labute approximate surface area is 123 Å². The molecule has 0 atom stereocenters. The molecule has 20 heavy (non-hydrogen) atoms. The zero-order valence-electron chi connectivity index (χ0n) is 11.5. The molecule has 4 nitrogen and oxygen atoms in total. The van der Waals surface area contributed by atoms with E-state index in [2.05, 4.69) is 16.9 Å². The van der Waals surface area contributed by atoms with E-state index < -0.39 is 0 Å². The average Bonchev–Trinajstić information content (AvgIpc) is 2.46. The molecule has 0 saturated carbocycles. The number of amides is 1. The highest BCUT2D eigenvalue weighted by Gasteiger charge is 2.16. The zero-order valence-corrected chi connectivity index (χ0v) is 12.3. The second-order valence-corrected chi connectivity index (χ2v) is 4.86. The van der Waals surface area contributed by atoms with Crippen LogP contribution >= 0.6 is 11.6 Å². The van der Waals surface area contributed by atoms with E-state index in [-0.39, 0.29) is 5.91 Å². The van der Waals surface area contributed by atoms with Crippen LogP contribution in [0.15, 0.2) is 36.5 Å². The van der Waals surface area contributed by atoms with E-state index in [1.165, 1.54) is 4.90 Å². The Morgan fingerprint density at radius 1 is 1.35 bits per heavy atom. The number of aromatic nitrogens is 2. The van der Waals surface area contributed by atoms with Crippen LogP contribution in [-0.4, -0.2) is 22.9 Å². The second kappa shape index (κ2) is 6.48. The Bertz CT molecular complexity index is 601. The summed E-state index contributed by atoms with van der Waals surface area (Å²) in [6.07, 6.45) is 3.41. The van der Waals surface area contributed by atoms with Gasteiger partial charge in [-0.25, -0.2) is 9.97 Å². The average molecular weight is 290 g/mol. The summed E-state index contributed by atoms with van der Waals surface area (Å²) in [6.45, 7) is 2.06. The number of pyridine rings is 2. The van der Waals surface area contributed by atoms with Gasteiger partial charge in [-0.05, 0) is 30.7 Å². The van der Waals surface area contributed by atoms with Crippen molar-refractivity contribution in [1.29, 1.82) is 0 Å². The summed E-state index contributed by atoms with van der Waals surface area (Å²) in [5.41, 5.74) is 1.36. The molecule has 1 amide bonds. The molecule has 2 heterocycles. The molecule has 0 spiro atoms. The quantitative estimate of drug-likeness (QED) is 0.811. The molecule has 0 saturated heterocycles. The highest BCUT2D eigenvalue weighted by molar-refractivity contribution is 6.29. The number of anilines is 1. The van der Waals surface area contributed by atoms with Crippen molar-refractivity contribution in [2.45, 2.75) is 19.8 Å². The number of aryl methyl sites for hydroxylation is 1. The minimum Gasteiger partial charge on any atom is -0.296 e. The van der Waals surface area contributed by atoms with Gasteiger partial charge >= 0.3 is 0 Å². The van der Waals surface area contributed by atoms with Crippen molar-refractivity contribution in [2.24, 2.45) is 0 Å². The number of carbonyl (C=O) groups is 1. The van der Waals surface area contributed by atoms with Gasteiger partial charge in [0, 0.05) is 24.5 Å². The monoisotopic (exact) mass is 289 g/mol. The van der Waals surface area contributed by atoms with Crippen molar-refractivity contribution in [2.75, 3.05) is 11.9 Å².